The number of aromatic nitrogens is 3. The van der Waals surface area contributed by atoms with Crippen LogP contribution in [0.3, 0.4) is 0 Å². The van der Waals surface area contributed by atoms with Gasteiger partial charge in [-0.3, -0.25) is 0 Å². The molecule has 0 saturated carbocycles. The molecule has 0 unspecified atom stereocenters. The molecule has 0 atom stereocenters. The van der Waals surface area contributed by atoms with Crippen LogP contribution in [0.5, 0.6) is 0 Å². The summed E-state index contributed by atoms with van der Waals surface area (Å²) >= 11 is 0. The van der Waals surface area contributed by atoms with Gasteiger partial charge in [-0.1, -0.05) is 0 Å². The molecule has 2 N–H and O–H groups in total. The summed E-state index contributed by atoms with van der Waals surface area (Å²) in [7, 11) is 0. The Kier molecular flexibility index (Phi) is 4.76. The van der Waals surface area contributed by atoms with Crippen molar-refractivity contribution in [3.05, 3.63) is 20.2 Å². The van der Waals surface area contributed by atoms with Crippen molar-refractivity contribution >= 4 is 11.9 Å². The van der Waals surface area contributed by atoms with E-state index in [0.29, 0.717) is 0 Å². The molecular weight excluding hydrogens is 209 g/mol. The first-order valence-electron chi connectivity index (χ1n) is 2.77. The average molecular weight is 211 g/mol. The Morgan fingerprint density at radius 1 is 1.29 bits per heavy atom. The molecule has 0 spiro atoms. The van der Waals surface area contributed by atoms with E-state index in [9.17, 15) is 20.2 Å². The van der Waals surface area contributed by atoms with Crippen LogP contribution in [0, 0.1) is 20.2 Å². The van der Waals surface area contributed by atoms with Crippen LogP contribution in [0.1, 0.15) is 0 Å². The second kappa shape index (κ2) is 5.31. The molecule has 11 nitrogen and oxygen atoms in total. The Morgan fingerprint density at radius 3 is 2.43 bits per heavy atom. The Morgan fingerprint density at radius 2 is 1.93 bits per heavy atom. The third kappa shape index (κ3) is 3.97. The minimum absolute atomic E-state index is 0. The summed E-state index contributed by atoms with van der Waals surface area (Å²) in [6, 6.07) is 0. The van der Waals surface area contributed by atoms with Crippen LogP contribution < -0.4 is 40.4 Å². The number of rotatable bonds is 4. The molecule has 1 aromatic heterocycles. The molecule has 70 valence electrons. The summed E-state index contributed by atoms with van der Waals surface area (Å²) in [6.45, 7) is 0. The van der Waals surface area contributed by atoms with Crippen LogP contribution in [0.15, 0.2) is 0 Å². The maximum Gasteiger partial charge on any atom is 1.00 e. The van der Waals surface area contributed by atoms with Gasteiger partial charge in [-0.05, 0) is 0 Å². The van der Waals surface area contributed by atoms with Crippen LogP contribution in [0.4, 0.5) is 11.9 Å². The Balaban J connectivity index is 0.00000169. The fourth-order valence-corrected chi connectivity index (χ4v) is 0.498. The molecule has 1 aromatic rings. The quantitative estimate of drug-likeness (QED) is 0.218. The van der Waals surface area contributed by atoms with Crippen molar-refractivity contribution in [3.8, 4) is 0 Å². The van der Waals surface area contributed by atoms with Gasteiger partial charge in [-0.2, -0.15) is 0 Å². The fraction of sp³-hybridized carbons (Fsp3) is 0. The molecule has 0 saturated heterocycles. The first-order chi connectivity index (χ1) is 6.08. The topological polar surface area (TPSA) is 149 Å². The number of hydrogen-bond acceptors (Lipinski definition) is 7. The van der Waals surface area contributed by atoms with E-state index in [-0.39, 0.29) is 29.6 Å². The molecule has 0 amide bonds. The van der Waals surface area contributed by atoms with Crippen molar-refractivity contribution in [1.82, 2.24) is 15.2 Å². The van der Waals surface area contributed by atoms with E-state index in [1.54, 1.807) is 10.9 Å². The second-order valence-corrected chi connectivity index (χ2v) is 1.70. The molecule has 1 heterocycles. The number of anilines is 2. The summed E-state index contributed by atoms with van der Waals surface area (Å²) in [5, 5.41) is 24.1. The molecule has 14 heavy (non-hydrogen) atoms. The van der Waals surface area contributed by atoms with Crippen molar-refractivity contribution in [3.63, 3.8) is 0 Å². The van der Waals surface area contributed by atoms with Gasteiger partial charge in [0, 0.05) is 0 Å². The van der Waals surface area contributed by atoms with E-state index in [2.05, 4.69) is 15.2 Å². The van der Waals surface area contributed by atoms with E-state index in [1.165, 1.54) is 0 Å². The monoisotopic (exact) mass is 211 g/mol. The van der Waals surface area contributed by atoms with Gasteiger partial charge in [0.05, 0.1) is 0 Å². The van der Waals surface area contributed by atoms with Crippen molar-refractivity contribution in [2.24, 2.45) is 0 Å². The summed E-state index contributed by atoms with van der Waals surface area (Å²) < 4.78 is 0. The van der Waals surface area contributed by atoms with E-state index in [1.807, 2.05) is 0 Å². The van der Waals surface area contributed by atoms with Crippen molar-refractivity contribution in [2.75, 3.05) is 10.9 Å². The van der Waals surface area contributed by atoms with Crippen molar-refractivity contribution in [2.45, 2.75) is 0 Å². The zero-order chi connectivity index (χ0) is 9.84. The molecular formula is C2H2N7NaO4. The standard InChI is InChI=1S/C2H2N7O4.Na/c10-8(11)6-1-3-2(5-4-1)7-9(12)13;/h6H,(H,3,7);/q-1;+1. The van der Waals surface area contributed by atoms with Gasteiger partial charge in [0.2, 0.25) is 0 Å². The van der Waals surface area contributed by atoms with Gasteiger partial charge in [0.15, 0.2) is 0 Å². The van der Waals surface area contributed by atoms with Gasteiger partial charge in [-0.25, -0.2) is 30.4 Å². The molecule has 0 aliphatic rings. The Labute approximate surface area is 97.8 Å². The third-order valence-electron chi connectivity index (χ3n) is 0.834. The van der Waals surface area contributed by atoms with Gasteiger partial charge in [0.25, 0.3) is 0 Å². The molecule has 1 rings (SSSR count). The van der Waals surface area contributed by atoms with E-state index < -0.39 is 22.0 Å². The third-order valence-corrected chi connectivity index (χ3v) is 0.834. The van der Waals surface area contributed by atoms with Gasteiger partial charge < -0.3 is 4.98 Å². The van der Waals surface area contributed by atoms with Crippen molar-refractivity contribution < 1.29 is 39.6 Å². The second-order valence-electron chi connectivity index (χ2n) is 1.70. The van der Waals surface area contributed by atoms with Crippen LogP contribution in [0.25, 0.3) is 0 Å². The van der Waals surface area contributed by atoms with Gasteiger partial charge in [-0.15, -0.1) is 10.9 Å². The fourth-order valence-electron chi connectivity index (χ4n) is 0.498. The minimum Gasteiger partial charge on any atom is -0.361 e. The number of nitro groups is 2. The Bertz CT molecular complexity index is 306. The van der Waals surface area contributed by atoms with E-state index in [4.69, 9.17) is 0 Å². The molecule has 0 radical (unpaired) electrons. The van der Waals surface area contributed by atoms with E-state index in [0.717, 1.165) is 0 Å². The van der Waals surface area contributed by atoms with Gasteiger partial charge in [0.1, 0.15) is 22.0 Å². The summed E-state index contributed by atoms with van der Waals surface area (Å²) in [6.07, 6.45) is 0. The SMILES string of the molecule is O=[N+]([O-])Nc1nn[c-](N[N+](=O)[O-])n1.[Na+]. The van der Waals surface area contributed by atoms with Crippen LogP contribution in [-0.4, -0.2) is 25.2 Å². The maximum absolute atomic E-state index is 9.83. The predicted octanol–water partition coefficient (Wildman–Crippen LogP) is -4.20. The summed E-state index contributed by atoms with van der Waals surface area (Å²) in [4.78, 5) is 22.9. The molecule has 0 fully saturated rings. The maximum atomic E-state index is 9.83. The number of hydrogen-bond donors (Lipinski definition) is 2. The summed E-state index contributed by atoms with van der Waals surface area (Å²) in [5.41, 5.74) is 3.15. The molecule has 0 bridgehead atoms. The smallest absolute Gasteiger partial charge is 0.361 e. The molecule has 0 aliphatic carbocycles. The minimum atomic E-state index is -0.910. The van der Waals surface area contributed by atoms with Crippen molar-refractivity contribution in [1.29, 1.82) is 0 Å². The van der Waals surface area contributed by atoms with E-state index >= 15 is 0 Å². The number of nitrogens with zero attached hydrogens (tertiary/aromatic N) is 5. The molecule has 0 aliphatic heterocycles. The zero-order valence-corrected chi connectivity index (χ0v) is 8.87. The zero-order valence-electron chi connectivity index (χ0n) is 6.87. The van der Waals surface area contributed by atoms with Gasteiger partial charge >= 0.3 is 29.6 Å². The summed E-state index contributed by atoms with van der Waals surface area (Å²) in [5.74, 6) is -0.844. The normalized spacial score (nSPS) is 8.57. The number of hydrazine groups is 2. The van der Waals surface area contributed by atoms with Crippen LogP contribution in [-0.2, 0) is 0 Å². The number of nitrogens with one attached hydrogen (secondary N) is 2. The van der Waals surface area contributed by atoms with Crippen LogP contribution >= 0.6 is 0 Å². The largest absolute Gasteiger partial charge is 1.00 e. The average Bonchev–Trinajstić information content (AvgIpc) is 2.33. The predicted molar refractivity (Wildman–Crippen MR) is 36.7 cm³/mol. The first-order valence-corrected chi connectivity index (χ1v) is 2.77. The Hall–Kier alpha value is -1.46. The molecule has 0 aromatic carbocycles. The molecule has 12 heteroatoms. The first kappa shape index (κ1) is 12.5. The van der Waals surface area contributed by atoms with Crippen LogP contribution in [0.2, 0.25) is 0 Å².